The summed E-state index contributed by atoms with van der Waals surface area (Å²) in [4.78, 5) is 12.2. The van der Waals surface area contributed by atoms with E-state index in [0.717, 1.165) is 5.69 Å². The Hall–Kier alpha value is -2.69. The molecule has 0 fully saturated rings. The number of hydrogen-bond donors (Lipinski definition) is 1. The molecule has 0 unspecified atom stereocenters. The van der Waals surface area contributed by atoms with Crippen molar-refractivity contribution in [1.82, 2.24) is 15.0 Å². The molecule has 5 heteroatoms. The van der Waals surface area contributed by atoms with E-state index in [-0.39, 0.29) is 5.56 Å². The molecule has 0 radical (unpaired) electrons. The van der Waals surface area contributed by atoms with Crippen LogP contribution in [0, 0.1) is 6.92 Å². The molecule has 0 aliphatic rings. The first kappa shape index (κ1) is 12.3. The van der Waals surface area contributed by atoms with E-state index in [1.54, 1.807) is 12.1 Å². The zero-order chi connectivity index (χ0) is 13.9. The van der Waals surface area contributed by atoms with E-state index >= 15 is 0 Å². The van der Waals surface area contributed by atoms with Gasteiger partial charge in [0.15, 0.2) is 0 Å². The van der Waals surface area contributed by atoms with Crippen LogP contribution in [0.1, 0.15) is 5.56 Å². The Bertz CT molecular complexity index is 793. The van der Waals surface area contributed by atoms with Crippen LogP contribution in [0.5, 0.6) is 0 Å². The molecular weight excluding hydrogens is 252 g/mol. The van der Waals surface area contributed by atoms with Gasteiger partial charge in [-0.15, -0.1) is 5.10 Å². The minimum atomic E-state index is -0.143. The number of rotatable bonds is 3. The first-order chi connectivity index (χ1) is 9.74. The summed E-state index contributed by atoms with van der Waals surface area (Å²) < 4.78 is 1.32. The Labute approximate surface area is 115 Å². The second kappa shape index (κ2) is 5.13. The lowest BCUT2D eigenvalue weighted by molar-refractivity contribution is 0.589. The van der Waals surface area contributed by atoms with Gasteiger partial charge in [0.1, 0.15) is 12.2 Å². The lowest BCUT2D eigenvalue weighted by Crippen LogP contribution is -2.27. The fraction of sp³-hybridized carbons (Fsp3) is 0.133. The van der Waals surface area contributed by atoms with Gasteiger partial charge >= 0.3 is 0 Å². The van der Waals surface area contributed by atoms with Crippen LogP contribution in [0.2, 0.25) is 0 Å². The number of nitrogens with zero attached hydrogens (tertiary/aromatic N) is 3. The molecule has 0 aliphatic heterocycles. The highest BCUT2D eigenvalue weighted by atomic mass is 16.1. The van der Waals surface area contributed by atoms with Gasteiger partial charge in [-0.2, -0.15) is 4.68 Å². The number of fused-ring (bicyclic) bond motifs is 1. The van der Waals surface area contributed by atoms with E-state index in [0.29, 0.717) is 17.6 Å². The lowest BCUT2D eigenvalue weighted by Gasteiger charge is -2.08. The van der Waals surface area contributed by atoms with Crippen LogP contribution in [-0.2, 0) is 6.67 Å². The number of anilines is 1. The molecule has 3 rings (SSSR count). The second-order valence-corrected chi connectivity index (χ2v) is 4.61. The Balaban J connectivity index is 1.86. The Morgan fingerprint density at radius 3 is 2.65 bits per heavy atom. The molecule has 3 aromatic rings. The maximum Gasteiger partial charge on any atom is 0.279 e. The predicted molar refractivity (Wildman–Crippen MR) is 78.6 cm³/mol. The summed E-state index contributed by atoms with van der Waals surface area (Å²) in [5.74, 6) is 0. The summed E-state index contributed by atoms with van der Waals surface area (Å²) in [6.07, 6.45) is 0. The largest absolute Gasteiger partial charge is 0.366 e. The summed E-state index contributed by atoms with van der Waals surface area (Å²) in [7, 11) is 0. The molecule has 20 heavy (non-hydrogen) atoms. The zero-order valence-corrected chi connectivity index (χ0v) is 11.1. The Kier molecular flexibility index (Phi) is 3.16. The van der Waals surface area contributed by atoms with Crippen molar-refractivity contribution in [3.8, 4) is 0 Å². The normalized spacial score (nSPS) is 10.7. The minimum Gasteiger partial charge on any atom is -0.366 e. The molecule has 0 amide bonds. The topological polar surface area (TPSA) is 59.8 Å². The van der Waals surface area contributed by atoms with E-state index in [1.807, 2.05) is 43.3 Å². The molecule has 0 spiro atoms. The average molecular weight is 266 g/mol. The third-order valence-corrected chi connectivity index (χ3v) is 3.11. The smallest absolute Gasteiger partial charge is 0.279 e. The molecule has 0 aliphatic carbocycles. The molecule has 0 saturated carbocycles. The molecule has 100 valence electrons. The van der Waals surface area contributed by atoms with Gasteiger partial charge in [0.2, 0.25) is 0 Å². The zero-order valence-electron chi connectivity index (χ0n) is 11.1. The maximum absolute atomic E-state index is 12.2. The molecule has 5 nitrogen and oxygen atoms in total. The van der Waals surface area contributed by atoms with Crippen molar-refractivity contribution >= 4 is 16.6 Å². The summed E-state index contributed by atoms with van der Waals surface area (Å²) in [5, 5.41) is 11.7. The molecular formula is C15H14N4O. The molecule has 1 heterocycles. The molecule has 1 N–H and O–H groups in total. The minimum absolute atomic E-state index is 0.143. The summed E-state index contributed by atoms with van der Waals surface area (Å²) >= 11 is 0. The summed E-state index contributed by atoms with van der Waals surface area (Å²) in [6.45, 7) is 2.32. The Morgan fingerprint density at radius 2 is 1.85 bits per heavy atom. The van der Waals surface area contributed by atoms with E-state index in [1.165, 1.54) is 10.2 Å². The van der Waals surface area contributed by atoms with E-state index in [4.69, 9.17) is 0 Å². The first-order valence-corrected chi connectivity index (χ1v) is 6.37. The van der Waals surface area contributed by atoms with Gasteiger partial charge < -0.3 is 5.32 Å². The van der Waals surface area contributed by atoms with Gasteiger partial charge in [-0.1, -0.05) is 35.0 Å². The third-order valence-electron chi connectivity index (χ3n) is 3.11. The quantitative estimate of drug-likeness (QED) is 0.789. The Morgan fingerprint density at radius 1 is 1.10 bits per heavy atom. The van der Waals surface area contributed by atoms with Crippen molar-refractivity contribution in [3.63, 3.8) is 0 Å². The number of aromatic nitrogens is 3. The van der Waals surface area contributed by atoms with Gasteiger partial charge in [0, 0.05) is 5.69 Å². The van der Waals surface area contributed by atoms with Crippen LogP contribution in [0.4, 0.5) is 5.69 Å². The van der Waals surface area contributed by atoms with Crippen molar-refractivity contribution in [2.24, 2.45) is 0 Å². The highest BCUT2D eigenvalue weighted by molar-refractivity contribution is 5.76. The van der Waals surface area contributed by atoms with Gasteiger partial charge in [-0.05, 0) is 31.2 Å². The van der Waals surface area contributed by atoms with Crippen LogP contribution >= 0.6 is 0 Å². The number of hydrogen-bond acceptors (Lipinski definition) is 4. The predicted octanol–water partition coefficient (Wildman–Crippen LogP) is 2.17. The van der Waals surface area contributed by atoms with Crippen molar-refractivity contribution in [1.29, 1.82) is 0 Å². The summed E-state index contributed by atoms with van der Waals surface area (Å²) in [6, 6.07) is 15.2. The molecule has 0 atom stereocenters. The van der Waals surface area contributed by atoms with Crippen LogP contribution in [-0.4, -0.2) is 15.0 Å². The van der Waals surface area contributed by atoms with Crippen LogP contribution < -0.4 is 10.9 Å². The average Bonchev–Trinajstić information content (AvgIpc) is 2.49. The molecule has 1 aromatic heterocycles. The number of nitrogens with one attached hydrogen (secondary N) is 1. The second-order valence-electron chi connectivity index (χ2n) is 4.61. The SMILES string of the molecule is Cc1ccc(NCn2nnc3ccccc3c2=O)cc1. The van der Waals surface area contributed by atoms with Crippen LogP contribution in [0.25, 0.3) is 10.9 Å². The monoisotopic (exact) mass is 266 g/mol. The van der Waals surface area contributed by atoms with Crippen LogP contribution in [0.15, 0.2) is 53.3 Å². The first-order valence-electron chi connectivity index (χ1n) is 6.37. The van der Waals surface area contributed by atoms with E-state index < -0.39 is 0 Å². The van der Waals surface area contributed by atoms with Crippen molar-refractivity contribution in [2.75, 3.05) is 5.32 Å². The molecule has 2 aromatic carbocycles. The molecule has 0 saturated heterocycles. The van der Waals surface area contributed by atoms with Gasteiger partial charge in [-0.25, -0.2) is 0 Å². The van der Waals surface area contributed by atoms with Crippen molar-refractivity contribution in [3.05, 3.63) is 64.4 Å². The highest BCUT2D eigenvalue weighted by Gasteiger charge is 2.04. The fourth-order valence-corrected chi connectivity index (χ4v) is 1.96. The summed E-state index contributed by atoms with van der Waals surface area (Å²) in [5.41, 5.74) is 2.61. The standard InChI is InChI=1S/C15H14N4O/c1-11-6-8-12(9-7-11)16-10-19-15(20)13-4-2-3-5-14(13)17-18-19/h2-9,16H,10H2,1H3. The highest BCUT2D eigenvalue weighted by Crippen LogP contribution is 2.08. The van der Waals surface area contributed by atoms with Gasteiger partial charge in [0.25, 0.3) is 5.56 Å². The van der Waals surface area contributed by atoms with Crippen molar-refractivity contribution in [2.45, 2.75) is 13.6 Å². The maximum atomic E-state index is 12.2. The van der Waals surface area contributed by atoms with Gasteiger partial charge in [0.05, 0.1) is 5.39 Å². The fourth-order valence-electron chi connectivity index (χ4n) is 1.96. The van der Waals surface area contributed by atoms with Crippen LogP contribution in [0.3, 0.4) is 0 Å². The number of aryl methyl sites for hydroxylation is 1. The third kappa shape index (κ3) is 2.38. The van der Waals surface area contributed by atoms with Crippen molar-refractivity contribution < 1.29 is 0 Å². The van der Waals surface area contributed by atoms with E-state index in [9.17, 15) is 4.79 Å². The molecule has 0 bridgehead atoms. The van der Waals surface area contributed by atoms with Gasteiger partial charge in [-0.3, -0.25) is 4.79 Å². The van der Waals surface area contributed by atoms with E-state index in [2.05, 4.69) is 15.6 Å². The lowest BCUT2D eigenvalue weighted by atomic mass is 10.2. The number of benzene rings is 2.